The van der Waals surface area contributed by atoms with Crippen molar-refractivity contribution in [2.45, 2.75) is 77.6 Å². The van der Waals surface area contributed by atoms with Crippen molar-refractivity contribution in [2.24, 2.45) is 0 Å². The lowest BCUT2D eigenvalue weighted by Crippen LogP contribution is -1.87. The Balaban J connectivity index is 1.95. The molecule has 1 atom stereocenters. The highest BCUT2D eigenvalue weighted by molar-refractivity contribution is 7.17. The van der Waals surface area contributed by atoms with Crippen molar-refractivity contribution >= 4 is 8.69 Å². The van der Waals surface area contributed by atoms with E-state index >= 15 is 0 Å². The van der Waals surface area contributed by atoms with Gasteiger partial charge in [-0.3, -0.25) is 4.52 Å². The van der Waals surface area contributed by atoms with E-state index in [0.717, 1.165) is 6.42 Å². The second-order valence-electron chi connectivity index (χ2n) is 5.76. The Morgan fingerprint density at radius 3 is 1.86 bits per heavy atom. The maximum atomic E-state index is 10.4. The monoisotopic (exact) mass is 309 g/mol. The highest BCUT2D eigenvalue weighted by Gasteiger charge is 1.99. The molecule has 0 bridgehead atoms. The van der Waals surface area contributed by atoms with Gasteiger partial charge in [0.15, 0.2) is 5.75 Å². The molecule has 0 aromatic heterocycles. The Morgan fingerprint density at radius 1 is 0.810 bits per heavy atom. The fourth-order valence-corrected chi connectivity index (χ4v) is 2.82. The van der Waals surface area contributed by atoms with Gasteiger partial charge in [-0.2, -0.15) is 0 Å². The molecule has 0 radical (unpaired) electrons. The smallest absolute Gasteiger partial charge is 0.256 e. The first kappa shape index (κ1) is 18.2. The third-order valence-corrected chi connectivity index (χ3v) is 4.22. The van der Waals surface area contributed by atoms with Crippen LogP contribution in [0.25, 0.3) is 0 Å². The van der Waals surface area contributed by atoms with E-state index in [0.29, 0.717) is 5.75 Å². The van der Waals surface area contributed by atoms with E-state index in [1.807, 2.05) is 12.1 Å². The maximum Gasteiger partial charge on any atom is 0.542 e. The predicted octanol–water partition coefficient (Wildman–Crippen LogP) is 6.47. The Morgan fingerprint density at radius 2 is 1.33 bits per heavy atom. The molecule has 21 heavy (non-hydrogen) atoms. The average molecular weight is 309 g/mol. The van der Waals surface area contributed by atoms with E-state index in [4.69, 9.17) is 4.52 Å². The molecule has 0 amide bonds. The first-order chi connectivity index (χ1) is 10.4. The van der Waals surface area contributed by atoms with Crippen LogP contribution in [0.15, 0.2) is 24.3 Å². The molecule has 0 heterocycles. The zero-order valence-electron chi connectivity index (χ0n) is 13.4. The number of rotatable bonds is 13. The lowest BCUT2D eigenvalue weighted by molar-refractivity contribution is 0.525. The van der Waals surface area contributed by atoms with Crippen LogP contribution in [0.4, 0.5) is 0 Å². The van der Waals surface area contributed by atoms with Crippen molar-refractivity contribution in [3.8, 4) is 5.75 Å². The summed E-state index contributed by atoms with van der Waals surface area (Å²) in [6.07, 6.45) is 14.9. The number of hydrogen-bond acceptors (Lipinski definition) is 2. The number of unbranched alkanes of at least 4 members (excludes halogenated alkanes) is 9. The number of benzene rings is 1. The van der Waals surface area contributed by atoms with Gasteiger partial charge in [0.1, 0.15) is 0 Å². The van der Waals surface area contributed by atoms with E-state index < -0.39 is 8.69 Å². The summed E-state index contributed by atoms with van der Waals surface area (Å²) in [5.41, 5.74) is 1.34. The molecule has 3 heteroatoms. The highest BCUT2D eigenvalue weighted by atomic mass is 31.1. The van der Waals surface area contributed by atoms with Gasteiger partial charge in [0, 0.05) is 0 Å². The summed E-state index contributed by atoms with van der Waals surface area (Å²) in [4.78, 5) is 0. The van der Waals surface area contributed by atoms with Crippen LogP contribution in [0, 0.1) is 0 Å². The minimum absolute atomic E-state index is 0.690. The fourth-order valence-electron chi connectivity index (χ4n) is 2.59. The molecular weight excluding hydrogens is 279 g/mol. The van der Waals surface area contributed by atoms with E-state index in [1.165, 1.54) is 69.8 Å². The second-order valence-corrected chi connectivity index (χ2v) is 6.13. The molecule has 1 rings (SSSR count). The van der Waals surface area contributed by atoms with Crippen molar-refractivity contribution in [1.82, 2.24) is 0 Å². The largest absolute Gasteiger partial charge is 0.542 e. The van der Waals surface area contributed by atoms with E-state index in [2.05, 4.69) is 19.1 Å². The molecule has 0 spiro atoms. The first-order valence-corrected chi connectivity index (χ1v) is 9.31. The molecule has 2 nitrogen and oxygen atoms in total. The van der Waals surface area contributed by atoms with Crippen molar-refractivity contribution in [2.75, 3.05) is 0 Å². The van der Waals surface area contributed by atoms with Gasteiger partial charge in [-0.05, 0) is 35.1 Å². The standard InChI is InChI=1S/C18H30O2P/c1-2-3-4-5-6-7-8-9-10-11-12-17-13-15-18(16-14-17)20-21-19/h13-16,21H,2-12H2,1H3/q+1. The van der Waals surface area contributed by atoms with Gasteiger partial charge in [-0.25, -0.2) is 0 Å². The van der Waals surface area contributed by atoms with Gasteiger partial charge in [-0.1, -0.05) is 76.8 Å². The van der Waals surface area contributed by atoms with Crippen LogP contribution in [0.5, 0.6) is 5.75 Å². The van der Waals surface area contributed by atoms with Crippen LogP contribution in [0.1, 0.15) is 76.7 Å². The van der Waals surface area contributed by atoms with Crippen LogP contribution >= 0.6 is 8.69 Å². The maximum absolute atomic E-state index is 10.4. The first-order valence-electron chi connectivity index (χ1n) is 8.49. The Bertz CT molecular complexity index is 362. The van der Waals surface area contributed by atoms with Gasteiger partial charge in [0.05, 0.1) is 0 Å². The summed E-state index contributed by atoms with van der Waals surface area (Å²) >= 11 is 0. The zero-order valence-corrected chi connectivity index (χ0v) is 14.4. The van der Waals surface area contributed by atoms with Gasteiger partial charge in [0.25, 0.3) is 0 Å². The predicted molar refractivity (Wildman–Crippen MR) is 91.6 cm³/mol. The lowest BCUT2D eigenvalue weighted by atomic mass is 10.0. The van der Waals surface area contributed by atoms with E-state index in [1.54, 1.807) is 0 Å². The van der Waals surface area contributed by atoms with Crippen molar-refractivity contribution in [3.05, 3.63) is 29.8 Å². The van der Waals surface area contributed by atoms with E-state index in [-0.39, 0.29) is 0 Å². The van der Waals surface area contributed by atoms with Crippen molar-refractivity contribution in [1.29, 1.82) is 0 Å². The quantitative estimate of drug-likeness (QED) is 0.308. The number of aryl methyl sites for hydroxylation is 1. The summed E-state index contributed by atoms with van der Waals surface area (Å²) in [5, 5.41) is 0. The fraction of sp³-hybridized carbons (Fsp3) is 0.667. The normalized spacial score (nSPS) is 10.9. The second kappa shape index (κ2) is 12.8. The lowest BCUT2D eigenvalue weighted by Gasteiger charge is -2.03. The van der Waals surface area contributed by atoms with Crippen LogP contribution in [0.3, 0.4) is 0 Å². The van der Waals surface area contributed by atoms with Gasteiger partial charge < -0.3 is 0 Å². The van der Waals surface area contributed by atoms with Crippen LogP contribution in [0.2, 0.25) is 0 Å². The molecule has 0 fully saturated rings. The molecule has 1 aromatic carbocycles. The molecule has 0 aliphatic carbocycles. The summed E-state index contributed by atoms with van der Waals surface area (Å²) in [7, 11) is -0.718. The molecule has 0 aliphatic rings. The molecule has 0 N–H and O–H groups in total. The van der Waals surface area contributed by atoms with Crippen molar-refractivity contribution in [3.63, 3.8) is 0 Å². The van der Waals surface area contributed by atoms with Crippen molar-refractivity contribution < 1.29 is 9.09 Å². The van der Waals surface area contributed by atoms with E-state index in [9.17, 15) is 4.57 Å². The molecular formula is C18H30O2P+. The zero-order chi connectivity index (χ0) is 15.2. The van der Waals surface area contributed by atoms with Crippen LogP contribution in [-0.4, -0.2) is 0 Å². The molecule has 0 aliphatic heterocycles. The third kappa shape index (κ3) is 9.63. The highest BCUT2D eigenvalue weighted by Crippen LogP contribution is 2.17. The Hall–Kier alpha value is -0.880. The summed E-state index contributed by atoms with van der Waals surface area (Å²) < 4.78 is 15.3. The topological polar surface area (TPSA) is 26.3 Å². The minimum Gasteiger partial charge on any atom is -0.256 e. The van der Waals surface area contributed by atoms with Gasteiger partial charge in [-0.15, -0.1) is 0 Å². The Kier molecular flexibility index (Phi) is 11.1. The molecule has 1 aromatic rings. The minimum atomic E-state index is -0.718. The molecule has 0 saturated carbocycles. The number of hydrogen-bond donors (Lipinski definition) is 0. The molecule has 118 valence electrons. The van der Waals surface area contributed by atoms with Gasteiger partial charge in [0.2, 0.25) is 0 Å². The SMILES string of the molecule is CCCCCCCCCCCCc1ccc(O[PH+]=O)cc1. The third-order valence-electron chi connectivity index (χ3n) is 3.90. The average Bonchev–Trinajstić information content (AvgIpc) is 2.51. The molecule has 1 unspecified atom stereocenters. The Labute approximate surface area is 131 Å². The summed E-state index contributed by atoms with van der Waals surface area (Å²) in [6, 6.07) is 7.94. The van der Waals surface area contributed by atoms with Gasteiger partial charge >= 0.3 is 8.69 Å². The molecule has 0 saturated heterocycles. The van der Waals surface area contributed by atoms with Crippen LogP contribution < -0.4 is 4.52 Å². The summed E-state index contributed by atoms with van der Waals surface area (Å²) in [5.74, 6) is 0.690. The summed E-state index contributed by atoms with van der Waals surface area (Å²) in [6.45, 7) is 2.27. The van der Waals surface area contributed by atoms with Crippen LogP contribution in [-0.2, 0) is 11.0 Å².